The molecule has 1 fully saturated rings. The molecular weight excluding hydrogens is 228 g/mol. The van der Waals surface area contributed by atoms with Crippen molar-refractivity contribution < 1.29 is 0 Å². The van der Waals surface area contributed by atoms with Gasteiger partial charge >= 0.3 is 0 Å². The molecule has 0 amide bonds. The van der Waals surface area contributed by atoms with Crippen LogP contribution in [0.2, 0.25) is 0 Å². The zero-order valence-electron chi connectivity index (χ0n) is 11.5. The molecule has 2 heterocycles. The van der Waals surface area contributed by atoms with Crippen molar-refractivity contribution in [2.24, 2.45) is 0 Å². The highest BCUT2D eigenvalue weighted by Crippen LogP contribution is 2.19. The molecule has 0 radical (unpaired) electrons. The van der Waals surface area contributed by atoms with E-state index in [2.05, 4.69) is 37.0 Å². The maximum atomic E-state index is 4.57. The average Bonchev–Trinajstić information content (AvgIpc) is 2.92. The molecule has 1 aliphatic rings. The summed E-state index contributed by atoms with van der Waals surface area (Å²) in [6, 6.07) is 0. The molecule has 1 saturated heterocycles. The van der Waals surface area contributed by atoms with Crippen LogP contribution in [0.4, 0.5) is 17.8 Å². The minimum atomic E-state index is 0.643. The van der Waals surface area contributed by atoms with E-state index in [1.54, 1.807) is 0 Å². The Balaban J connectivity index is 2.26. The molecule has 0 aliphatic carbocycles. The van der Waals surface area contributed by atoms with Gasteiger partial charge in [-0.15, -0.1) is 0 Å². The van der Waals surface area contributed by atoms with E-state index in [1.807, 2.05) is 14.1 Å². The van der Waals surface area contributed by atoms with Gasteiger partial charge in [0.1, 0.15) is 0 Å². The van der Waals surface area contributed by atoms with Gasteiger partial charge in [-0.3, -0.25) is 0 Å². The van der Waals surface area contributed by atoms with Gasteiger partial charge in [0, 0.05) is 33.7 Å². The highest BCUT2D eigenvalue weighted by atomic mass is 15.4. The van der Waals surface area contributed by atoms with E-state index >= 15 is 0 Å². The van der Waals surface area contributed by atoms with Crippen LogP contribution in [0.3, 0.4) is 0 Å². The maximum absolute atomic E-state index is 4.57. The summed E-state index contributed by atoms with van der Waals surface area (Å²) in [5.74, 6) is 2.19. The lowest BCUT2D eigenvalue weighted by atomic mass is 10.4. The molecule has 1 aromatic heterocycles. The van der Waals surface area contributed by atoms with Crippen molar-refractivity contribution in [3.8, 4) is 0 Å². The van der Waals surface area contributed by atoms with Crippen molar-refractivity contribution in [2.45, 2.75) is 26.2 Å². The smallest absolute Gasteiger partial charge is 0.231 e. The SMILES string of the molecule is CCCN(C)c1nc(NC)nc(N2CCCC2)n1. The highest BCUT2D eigenvalue weighted by molar-refractivity contribution is 5.45. The van der Waals surface area contributed by atoms with E-state index in [4.69, 9.17) is 0 Å². The molecule has 0 spiro atoms. The Morgan fingerprint density at radius 2 is 1.94 bits per heavy atom. The second kappa shape index (κ2) is 5.84. The second-order valence-corrected chi connectivity index (χ2v) is 4.62. The van der Waals surface area contributed by atoms with Gasteiger partial charge in [-0.05, 0) is 19.3 Å². The minimum Gasteiger partial charge on any atom is -0.357 e. The Kier molecular flexibility index (Phi) is 4.17. The first-order chi connectivity index (χ1) is 8.74. The molecule has 0 saturated carbocycles. The summed E-state index contributed by atoms with van der Waals surface area (Å²) in [4.78, 5) is 17.7. The van der Waals surface area contributed by atoms with Crippen LogP contribution in [0.5, 0.6) is 0 Å². The van der Waals surface area contributed by atoms with Gasteiger partial charge in [-0.2, -0.15) is 15.0 Å². The minimum absolute atomic E-state index is 0.643. The van der Waals surface area contributed by atoms with Crippen LogP contribution >= 0.6 is 0 Å². The fourth-order valence-electron chi connectivity index (χ4n) is 2.13. The summed E-state index contributed by atoms with van der Waals surface area (Å²) < 4.78 is 0. The molecular formula is C12H22N6. The van der Waals surface area contributed by atoms with Crippen LogP contribution in [0.1, 0.15) is 26.2 Å². The zero-order valence-corrected chi connectivity index (χ0v) is 11.5. The molecule has 0 unspecified atom stereocenters. The third kappa shape index (κ3) is 2.80. The molecule has 1 aliphatic heterocycles. The van der Waals surface area contributed by atoms with Gasteiger partial charge < -0.3 is 15.1 Å². The third-order valence-corrected chi connectivity index (χ3v) is 3.12. The molecule has 6 nitrogen and oxygen atoms in total. The second-order valence-electron chi connectivity index (χ2n) is 4.62. The molecule has 1 N–H and O–H groups in total. The lowest BCUT2D eigenvalue weighted by Gasteiger charge is -2.20. The Morgan fingerprint density at radius 3 is 2.56 bits per heavy atom. The molecule has 0 atom stereocenters. The Hall–Kier alpha value is -1.59. The number of hydrogen-bond donors (Lipinski definition) is 1. The first-order valence-corrected chi connectivity index (χ1v) is 6.64. The van der Waals surface area contributed by atoms with Crippen molar-refractivity contribution in [3.63, 3.8) is 0 Å². The summed E-state index contributed by atoms with van der Waals surface area (Å²) in [6.07, 6.45) is 3.53. The molecule has 6 heteroatoms. The summed E-state index contributed by atoms with van der Waals surface area (Å²) in [6.45, 7) is 5.19. The molecule has 0 bridgehead atoms. The number of rotatable bonds is 5. The predicted molar refractivity (Wildman–Crippen MR) is 74.4 cm³/mol. The predicted octanol–water partition coefficient (Wildman–Crippen LogP) is 1.36. The molecule has 2 rings (SSSR count). The number of nitrogens with one attached hydrogen (secondary N) is 1. The molecule has 1 aromatic rings. The fraction of sp³-hybridized carbons (Fsp3) is 0.750. The van der Waals surface area contributed by atoms with Crippen LogP contribution in [-0.2, 0) is 0 Å². The van der Waals surface area contributed by atoms with E-state index in [-0.39, 0.29) is 0 Å². The van der Waals surface area contributed by atoms with E-state index in [1.165, 1.54) is 12.8 Å². The van der Waals surface area contributed by atoms with E-state index in [0.29, 0.717) is 5.95 Å². The van der Waals surface area contributed by atoms with E-state index in [9.17, 15) is 0 Å². The molecule has 18 heavy (non-hydrogen) atoms. The van der Waals surface area contributed by atoms with Crippen molar-refractivity contribution in [3.05, 3.63) is 0 Å². The molecule has 0 aromatic carbocycles. The van der Waals surface area contributed by atoms with Crippen molar-refractivity contribution in [1.29, 1.82) is 0 Å². The van der Waals surface area contributed by atoms with Gasteiger partial charge in [-0.25, -0.2) is 0 Å². The molecule has 100 valence electrons. The summed E-state index contributed by atoms with van der Waals surface area (Å²) in [7, 11) is 3.86. The van der Waals surface area contributed by atoms with Crippen molar-refractivity contribution >= 4 is 17.8 Å². The van der Waals surface area contributed by atoms with Gasteiger partial charge in [0.15, 0.2) is 0 Å². The Bertz CT molecular complexity index is 388. The van der Waals surface area contributed by atoms with Gasteiger partial charge in [-0.1, -0.05) is 6.92 Å². The fourth-order valence-corrected chi connectivity index (χ4v) is 2.13. The zero-order chi connectivity index (χ0) is 13.0. The maximum Gasteiger partial charge on any atom is 0.231 e. The van der Waals surface area contributed by atoms with Crippen LogP contribution in [-0.4, -0.2) is 48.7 Å². The normalized spacial score (nSPS) is 14.9. The highest BCUT2D eigenvalue weighted by Gasteiger charge is 2.18. The average molecular weight is 250 g/mol. The number of nitrogens with zero attached hydrogens (tertiary/aromatic N) is 5. The standard InChI is InChI=1S/C12H22N6/c1-4-7-17(3)11-14-10(13-2)15-12(16-11)18-8-5-6-9-18/h4-9H2,1-3H3,(H,13,14,15,16). The topological polar surface area (TPSA) is 57.2 Å². The Labute approximate surface area is 108 Å². The lowest BCUT2D eigenvalue weighted by molar-refractivity contribution is 0.799. The van der Waals surface area contributed by atoms with Crippen molar-refractivity contribution in [2.75, 3.05) is 48.8 Å². The third-order valence-electron chi connectivity index (χ3n) is 3.12. The van der Waals surface area contributed by atoms with E-state index < -0.39 is 0 Å². The van der Waals surface area contributed by atoms with Crippen LogP contribution in [0.25, 0.3) is 0 Å². The summed E-state index contributed by atoms with van der Waals surface area (Å²) in [5.41, 5.74) is 0. The lowest BCUT2D eigenvalue weighted by Crippen LogP contribution is -2.25. The number of aromatic nitrogens is 3. The first kappa shape index (κ1) is 12.9. The quantitative estimate of drug-likeness (QED) is 0.851. The van der Waals surface area contributed by atoms with Crippen LogP contribution in [0, 0.1) is 0 Å². The van der Waals surface area contributed by atoms with Gasteiger partial charge in [0.05, 0.1) is 0 Å². The van der Waals surface area contributed by atoms with Gasteiger partial charge in [0.2, 0.25) is 17.8 Å². The first-order valence-electron chi connectivity index (χ1n) is 6.64. The summed E-state index contributed by atoms with van der Waals surface area (Å²) >= 11 is 0. The monoisotopic (exact) mass is 250 g/mol. The largest absolute Gasteiger partial charge is 0.357 e. The van der Waals surface area contributed by atoms with Crippen molar-refractivity contribution in [1.82, 2.24) is 15.0 Å². The van der Waals surface area contributed by atoms with Crippen LogP contribution < -0.4 is 15.1 Å². The summed E-state index contributed by atoms with van der Waals surface area (Å²) in [5, 5.41) is 3.01. The van der Waals surface area contributed by atoms with Gasteiger partial charge in [0.25, 0.3) is 0 Å². The number of anilines is 3. The van der Waals surface area contributed by atoms with Crippen LogP contribution in [0.15, 0.2) is 0 Å². The van der Waals surface area contributed by atoms with E-state index in [0.717, 1.165) is 38.0 Å². The Morgan fingerprint density at radius 1 is 1.22 bits per heavy atom. The number of hydrogen-bond acceptors (Lipinski definition) is 6.